The average Bonchev–Trinajstić information content (AvgIpc) is 2.35. The van der Waals surface area contributed by atoms with E-state index in [1.54, 1.807) is 0 Å². The van der Waals surface area contributed by atoms with Crippen LogP contribution in [0.3, 0.4) is 0 Å². The molecule has 1 rings (SSSR count). The summed E-state index contributed by atoms with van der Waals surface area (Å²) < 4.78 is 5.57. The van der Waals surface area contributed by atoms with Crippen molar-refractivity contribution in [3.8, 4) is 5.75 Å². The van der Waals surface area contributed by atoms with Gasteiger partial charge < -0.3 is 14.9 Å². The maximum atomic E-state index is 10.9. The van der Waals surface area contributed by atoms with Crippen LogP contribution in [0.5, 0.6) is 5.75 Å². The molecule has 0 radical (unpaired) electrons. The van der Waals surface area contributed by atoms with Crippen LogP contribution in [0, 0.1) is 0 Å². The van der Waals surface area contributed by atoms with Crippen molar-refractivity contribution in [1.29, 1.82) is 0 Å². The molecular weight excluding hydrogens is 236 g/mol. The molecule has 2 N–H and O–H groups in total. The predicted octanol–water partition coefficient (Wildman–Crippen LogP) is 2.65. The van der Waals surface area contributed by atoms with Crippen molar-refractivity contribution >= 4 is 11.9 Å². The Bertz CT molecular complexity index is 416. The number of carboxylic acids is 2. The largest absolute Gasteiger partial charge is 0.490 e. The predicted molar refractivity (Wildman–Crippen MR) is 65.4 cm³/mol. The fourth-order valence-electron chi connectivity index (χ4n) is 1.56. The normalized spacial score (nSPS) is 10.4. The molecule has 0 aliphatic rings. The van der Waals surface area contributed by atoms with E-state index in [1.165, 1.54) is 12.1 Å². The molecule has 18 heavy (non-hydrogen) atoms. The van der Waals surface area contributed by atoms with E-state index in [0.29, 0.717) is 0 Å². The van der Waals surface area contributed by atoms with Crippen LogP contribution in [-0.4, -0.2) is 28.3 Å². The Morgan fingerprint density at radius 3 is 1.83 bits per heavy atom. The summed E-state index contributed by atoms with van der Waals surface area (Å²) >= 11 is 0. The SMILES string of the molecule is CCC(CC)Oc1cc(C(=O)O)cc(C(=O)O)c1. The Kier molecular flexibility index (Phi) is 4.71. The Labute approximate surface area is 105 Å². The molecule has 5 nitrogen and oxygen atoms in total. The summed E-state index contributed by atoms with van der Waals surface area (Å²) in [5, 5.41) is 17.8. The van der Waals surface area contributed by atoms with Crippen molar-refractivity contribution in [2.24, 2.45) is 0 Å². The molecule has 5 heteroatoms. The molecule has 0 aliphatic heterocycles. The lowest BCUT2D eigenvalue weighted by Gasteiger charge is -2.16. The molecule has 0 saturated carbocycles. The summed E-state index contributed by atoms with van der Waals surface area (Å²) in [5.74, 6) is -2.07. The molecule has 98 valence electrons. The van der Waals surface area contributed by atoms with Gasteiger partial charge in [-0.3, -0.25) is 0 Å². The van der Waals surface area contributed by atoms with E-state index in [-0.39, 0.29) is 23.0 Å². The first kappa shape index (κ1) is 14.0. The third-order valence-corrected chi connectivity index (χ3v) is 2.61. The van der Waals surface area contributed by atoms with Gasteiger partial charge in [0.2, 0.25) is 0 Å². The van der Waals surface area contributed by atoms with Crippen LogP contribution < -0.4 is 4.74 Å². The molecule has 0 bridgehead atoms. The summed E-state index contributed by atoms with van der Waals surface area (Å²) in [5.41, 5.74) is -0.174. The van der Waals surface area contributed by atoms with Crippen LogP contribution in [0.2, 0.25) is 0 Å². The second-order valence-corrected chi connectivity index (χ2v) is 3.91. The van der Waals surface area contributed by atoms with E-state index in [1.807, 2.05) is 13.8 Å². The van der Waals surface area contributed by atoms with Crippen LogP contribution in [0.1, 0.15) is 47.4 Å². The van der Waals surface area contributed by atoms with Crippen LogP contribution >= 0.6 is 0 Å². The minimum Gasteiger partial charge on any atom is -0.490 e. The quantitative estimate of drug-likeness (QED) is 0.813. The molecule has 0 aromatic heterocycles. The fourth-order valence-corrected chi connectivity index (χ4v) is 1.56. The summed E-state index contributed by atoms with van der Waals surface area (Å²) in [4.78, 5) is 21.8. The average molecular weight is 252 g/mol. The second kappa shape index (κ2) is 6.05. The minimum absolute atomic E-state index is 0.0457. The molecule has 0 unspecified atom stereocenters. The van der Waals surface area contributed by atoms with Crippen LogP contribution in [-0.2, 0) is 0 Å². The van der Waals surface area contributed by atoms with Crippen LogP contribution in [0.4, 0.5) is 0 Å². The third-order valence-electron chi connectivity index (χ3n) is 2.61. The van der Waals surface area contributed by atoms with Gasteiger partial charge in [0.15, 0.2) is 0 Å². The maximum Gasteiger partial charge on any atom is 0.335 e. The molecule has 0 aliphatic carbocycles. The van der Waals surface area contributed by atoms with Crippen LogP contribution in [0.25, 0.3) is 0 Å². The van der Waals surface area contributed by atoms with Gasteiger partial charge in [-0.2, -0.15) is 0 Å². The van der Waals surface area contributed by atoms with Gasteiger partial charge in [0, 0.05) is 0 Å². The Morgan fingerprint density at radius 1 is 1.06 bits per heavy atom. The lowest BCUT2D eigenvalue weighted by Crippen LogP contribution is -2.14. The van der Waals surface area contributed by atoms with Gasteiger partial charge in [0.05, 0.1) is 17.2 Å². The molecule has 1 aromatic rings. The van der Waals surface area contributed by atoms with E-state index < -0.39 is 11.9 Å². The van der Waals surface area contributed by atoms with Gasteiger partial charge in [-0.05, 0) is 31.0 Å². The summed E-state index contributed by atoms with van der Waals surface area (Å²) in [7, 11) is 0. The van der Waals surface area contributed by atoms with E-state index in [4.69, 9.17) is 14.9 Å². The summed E-state index contributed by atoms with van der Waals surface area (Å²) in [6.45, 7) is 3.90. The first-order chi connectivity index (χ1) is 8.47. The number of aromatic carboxylic acids is 2. The first-order valence-electron chi connectivity index (χ1n) is 5.76. The third kappa shape index (κ3) is 3.48. The van der Waals surface area contributed by atoms with Gasteiger partial charge in [0.25, 0.3) is 0 Å². The first-order valence-corrected chi connectivity index (χ1v) is 5.76. The fraction of sp³-hybridized carbons (Fsp3) is 0.385. The molecule has 0 atom stereocenters. The van der Waals surface area contributed by atoms with E-state index >= 15 is 0 Å². The van der Waals surface area contributed by atoms with Gasteiger partial charge >= 0.3 is 11.9 Å². The molecular formula is C13H16O5. The van der Waals surface area contributed by atoms with Gasteiger partial charge in [-0.1, -0.05) is 13.8 Å². The smallest absolute Gasteiger partial charge is 0.335 e. The van der Waals surface area contributed by atoms with Crippen molar-refractivity contribution < 1.29 is 24.5 Å². The highest BCUT2D eigenvalue weighted by molar-refractivity contribution is 5.94. The second-order valence-electron chi connectivity index (χ2n) is 3.91. The molecule has 0 amide bonds. The van der Waals surface area contributed by atoms with E-state index in [9.17, 15) is 9.59 Å². The van der Waals surface area contributed by atoms with Gasteiger partial charge in [-0.15, -0.1) is 0 Å². The van der Waals surface area contributed by atoms with Gasteiger partial charge in [-0.25, -0.2) is 9.59 Å². The van der Waals surface area contributed by atoms with Crippen molar-refractivity contribution in [2.75, 3.05) is 0 Å². The topological polar surface area (TPSA) is 83.8 Å². The number of hydrogen-bond donors (Lipinski definition) is 2. The van der Waals surface area contributed by atoms with E-state index in [2.05, 4.69) is 0 Å². The Hall–Kier alpha value is -2.04. The minimum atomic E-state index is -1.17. The van der Waals surface area contributed by atoms with Crippen molar-refractivity contribution in [3.05, 3.63) is 29.3 Å². The lowest BCUT2D eigenvalue weighted by molar-refractivity contribution is 0.0696. The maximum absolute atomic E-state index is 10.9. The van der Waals surface area contributed by atoms with Crippen molar-refractivity contribution in [3.63, 3.8) is 0 Å². The number of ether oxygens (including phenoxy) is 1. The molecule has 0 saturated heterocycles. The Morgan fingerprint density at radius 2 is 1.50 bits per heavy atom. The molecule has 1 aromatic carbocycles. The number of carboxylic acid groups (broad SMARTS) is 2. The van der Waals surface area contributed by atoms with Gasteiger partial charge in [0.1, 0.15) is 5.75 Å². The number of rotatable bonds is 6. The lowest BCUT2D eigenvalue weighted by atomic mass is 10.1. The molecule has 0 spiro atoms. The highest BCUT2D eigenvalue weighted by atomic mass is 16.5. The highest BCUT2D eigenvalue weighted by Crippen LogP contribution is 2.20. The zero-order chi connectivity index (χ0) is 13.7. The number of hydrogen-bond acceptors (Lipinski definition) is 3. The van der Waals surface area contributed by atoms with Crippen LogP contribution in [0.15, 0.2) is 18.2 Å². The summed E-state index contributed by atoms with van der Waals surface area (Å²) in [6, 6.07) is 3.80. The highest BCUT2D eigenvalue weighted by Gasteiger charge is 2.14. The van der Waals surface area contributed by atoms with Crippen molar-refractivity contribution in [1.82, 2.24) is 0 Å². The monoisotopic (exact) mass is 252 g/mol. The summed E-state index contributed by atoms with van der Waals surface area (Å²) in [6.07, 6.45) is 1.50. The molecule has 0 heterocycles. The number of carbonyl (C=O) groups is 2. The zero-order valence-corrected chi connectivity index (χ0v) is 10.3. The zero-order valence-electron chi connectivity index (χ0n) is 10.3. The molecule has 0 fully saturated rings. The standard InChI is InChI=1S/C13H16O5/c1-3-10(4-2)18-11-6-8(12(14)15)5-9(7-11)13(16)17/h5-7,10H,3-4H2,1-2H3,(H,14,15)(H,16,17). The Balaban J connectivity index is 3.10. The number of benzene rings is 1. The van der Waals surface area contributed by atoms with E-state index in [0.717, 1.165) is 18.9 Å². The van der Waals surface area contributed by atoms with Crippen molar-refractivity contribution in [2.45, 2.75) is 32.8 Å².